The number of hydrogen-bond acceptors (Lipinski definition) is 8. The van der Waals surface area contributed by atoms with Gasteiger partial charge >= 0.3 is 5.97 Å². The lowest BCUT2D eigenvalue weighted by atomic mass is 9.75. The van der Waals surface area contributed by atoms with Gasteiger partial charge in [0.2, 0.25) is 17.6 Å². The Morgan fingerprint density at radius 3 is 2.48 bits per heavy atom. The second-order valence-electron chi connectivity index (χ2n) is 13.3. The SMILES string of the molecule is COCCCOC(=O)c1cc2cc(NC(=O)[C@@H]3[C@H](C4CCC(OC)CC4)CCN3C(=O)C3CCC([C@H](N)CCF)CC3)ccc2o1. The van der Waals surface area contributed by atoms with Crippen LogP contribution in [0.3, 0.4) is 0 Å². The number of likely N-dealkylation sites (tertiary alicyclic amines) is 1. The highest BCUT2D eigenvalue weighted by atomic mass is 19.1. The maximum atomic E-state index is 14.1. The van der Waals surface area contributed by atoms with E-state index >= 15 is 0 Å². The summed E-state index contributed by atoms with van der Waals surface area (Å²) >= 11 is 0. The number of furan rings is 1. The molecule has 3 aliphatic rings. The van der Waals surface area contributed by atoms with Crippen LogP contribution < -0.4 is 11.1 Å². The van der Waals surface area contributed by atoms with Crippen molar-refractivity contribution in [3.8, 4) is 0 Å². The molecule has 1 aliphatic heterocycles. The zero-order valence-electron chi connectivity index (χ0n) is 27.2. The van der Waals surface area contributed by atoms with Crippen molar-refractivity contribution in [2.45, 2.75) is 88.8 Å². The standard InChI is InChI=1S/C35H50FN3O7/c1-43-18-3-19-45-35(42)31-21-25-20-26(10-13-30(25)46-31)38-33(40)32-28(22-8-11-27(44-2)12-9-22)15-17-39(32)34(41)24-6-4-23(5-7-24)29(37)14-16-36/h10,13,20-24,27-29,32H,3-9,11-12,14-19,37H2,1-2H3,(H,38,40)/t22?,23?,24?,27?,28-,29+,32-/m0/s1. The van der Waals surface area contributed by atoms with Gasteiger partial charge in [-0.1, -0.05) is 0 Å². The second-order valence-corrected chi connectivity index (χ2v) is 13.3. The lowest BCUT2D eigenvalue weighted by Gasteiger charge is -2.37. The van der Waals surface area contributed by atoms with Crippen molar-refractivity contribution < 1.29 is 37.4 Å². The van der Waals surface area contributed by atoms with Crippen molar-refractivity contribution in [3.05, 3.63) is 30.0 Å². The number of nitrogens with two attached hydrogens (primary N) is 1. The number of carbonyl (C=O) groups excluding carboxylic acids is 3. The van der Waals surface area contributed by atoms with Crippen LogP contribution in [0.5, 0.6) is 0 Å². The van der Waals surface area contributed by atoms with Gasteiger partial charge in [0, 0.05) is 56.8 Å². The Morgan fingerprint density at radius 2 is 1.78 bits per heavy atom. The molecule has 10 nitrogen and oxygen atoms in total. The largest absolute Gasteiger partial charge is 0.460 e. The Balaban J connectivity index is 1.29. The molecule has 11 heteroatoms. The first kappa shape index (κ1) is 34.3. The number of methoxy groups -OCH3 is 2. The summed E-state index contributed by atoms with van der Waals surface area (Å²) in [7, 11) is 3.34. The topological polar surface area (TPSA) is 133 Å². The first-order valence-electron chi connectivity index (χ1n) is 17.0. The van der Waals surface area contributed by atoms with E-state index in [0.29, 0.717) is 61.4 Å². The summed E-state index contributed by atoms with van der Waals surface area (Å²) in [4.78, 5) is 42.4. The van der Waals surface area contributed by atoms with Gasteiger partial charge in [-0.3, -0.25) is 14.0 Å². The first-order valence-corrected chi connectivity index (χ1v) is 17.0. The maximum Gasteiger partial charge on any atom is 0.374 e. The van der Waals surface area contributed by atoms with E-state index in [1.807, 2.05) is 4.90 Å². The summed E-state index contributed by atoms with van der Waals surface area (Å²) in [5, 5.41) is 3.76. The van der Waals surface area contributed by atoms with Gasteiger partial charge < -0.3 is 34.6 Å². The molecule has 3 fully saturated rings. The zero-order chi connectivity index (χ0) is 32.6. The highest BCUT2D eigenvalue weighted by Crippen LogP contribution is 2.42. The third kappa shape index (κ3) is 8.09. The number of esters is 1. The molecule has 3 N–H and O–H groups in total. The maximum absolute atomic E-state index is 14.1. The van der Waals surface area contributed by atoms with Gasteiger partial charge in [0.15, 0.2) is 0 Å². The molecule has 0 radical (unpaired) electrons. The van der Waals surface area contributed by atoms with Crippen LogP contribution in [0.25, 0.3) is 11.0 Å². The van der Waals surface area contributed by atoms with Gasteiger partial charge in [-0.2, -0.15) is 0 Å². The van der Waals surface area contributed by atoms with E-state index in [1.165, 1.54) is 0 Å². The van der Waals surface area contributed by atoms with Crippen LogP contribution in [-0.2, 0) is 23.8 Å². The number of nitrogens with zero attached hydrogens (tertiary/aromatic N) is 1. The van der Waals surface area contributed by atoms with E-state index in [0.717, 1.165) is 44.9 Å². The first-order chi connectivity index (χ1) is 22.3. The number of carbonyl (C=O) groups is 3. The number of anilines is 1. The fourth-order valence-electron chi connectivity index (χ4n) is 7.91. The molecule has 5 rings (SSSR count). The molecular weight excluding hydrogens is 593 g/mol. The number of rotatable bonds is 13. The summed E-state index contributed by atoms with van der Waals surface area (Å²) in [5.74, 6) is -0.123. The van der Waals surface area contributed by atoms with Gasteiger partial charge in [0.1, 0.15) is 11.6 Å². The number of alkyl halides is 1. The Kier molecular flexibility index (Phi) is 12.1. The van der Waals surface area contributed by atoms with E-state index in [-0.39, 0.29) is 54.1 Å². The molecule has 254 valence electrons. The smallest absolute Gasteiger partial charge is 0.374 e. The molecule has 1 saturated heterocycles. The third-order valence-corrected chi connectivity index (χ3v) is 10.5. The predicted molar refractivity (Wildman–Crippen MR) is 172 cm³/mol. The molecule has 0 unspecified atom stereocenters. The van der Waals surface area contributed by atoms with Crippen LogP contribution >= 0.6 is 0 Å². The van der Waals surface area contributed by atoms with Crippen LogP contribution in [0.1, 0.15) is 81.2 Å². The third-order valence-electron chi connectivity index (χ3n) is 10.5. The molecule has 3 atom stereocenters. The van der Waals surface area contributed by atoms with E-state index < -0.39 is 18.7 Å². The summed E-state index contributed by atoms with van der Waals surface area (Å²) in [6.07, 6.45) is 8.87. The highest BCUT2D eigenvalue weighted by Gasteiger charge is 2.47. The molecule has 2 saturated carbocycles. The Labute approximate surface area is 270 Å². The fourth-order valence-corrected chi connectivity index (χ4v) is 7.91. The Hall–Kier alpha value is -3.02. The summed E-state index contributed by atoms with van der Waals surface area (Å²) in [5.41, 5.74) is 7.29. The molecular formula is C35H50FN3O7. The number of amides is 2. The van der Waals surface area contributed by atoms with Crippen LogP contribution in [0.2, 0.25) is 0 Å². The lowest BCUT2D eigenvalue weighted by molar-refractivity contribution is -0.142. The predicted octanol–water partition coefficient (Wildman–Crippen LogP) is 5.48. The summed E-state index contributed by atoms with van der Waals surface area (Å²) in [6, 6.07) is 6.12. The molecule has 46 heavy (non-hydrogen) atoms. The van der Waals surface area contributed by atoms with E-state index in [4.69, 9.17) is 24.4 Å². The van der Waals surface area contributed by atoms with Crippen LogP contribution in [-0.4, -0.2) is 81.5 Å². The normalized spacial score (nSPS) is 27.4. The minimum absolute atomic E-state index is 0.0460. The average Bonchev–Trinajstić information content (AvgIpc) is 3.72. The van der Waals surface area contributed by atoms with Crippen molar-refractivity contribution in [1.82, 2.24) is 4.90 Å². The number of hydrogen-bond donors (Lipinski definition) is 2. The van der Waals surface area contributed by atoms with Crippen molar-refractivity contribution >= 4 is 34.4 Å². The second kappa shape index (κ2) is 16.2. The fraction of sp³-hybridized carbons (Fsp3) is 0.686. The van der Waals surface area contributed by atoms with Crippen LogP contribution in [0.15, 0.2) is 28.7 Å². The molecule has 0 bridgehead atoms. The minimum Gasteiger partial charge on any atom is -0.460 e. The van der Waals surface area contributed by atoms with Gasteiger partial charge in [0.05, 0.1) is 19.4 Å². The molecule has 1 aromatic heterocycles. The van der Waals surface area contributed by atoms with Crippen molar-refractivity contribution in [2.24, 2.45) is 29.4 Å². The highest BCUT2D eigenvalue weighted by molar-refractivity contribution is 6.00. The van der Waals surface area contributed by atoms with Crippen LogP contribution in [0, 0.1) is 23.7 Å². The van der Waals surface area contributed by atoms with E-state index in [1.54, 1.807) is 38.5 Å². The zero-order valence-corrected chi connectivity index (χ0v) is 27.2. The van der Waals surface area contributed by atoms with Gasteiger partial charge in [-0.15, -0.1) is 0 Å². The van der Waals surface area contributed by atoms with Gasteiger partial charge in [-0.05, 0) is 106 Å². The number of halogens is 1. The molecule has 2 amide bonds. The minimum atomic E-state index is -0.569. The monoisotopic (exact) mass is 643 g/mol. The summed E-state index contributed by atoms with van der Waals surface area (Å²) < 4.78 is 34.4. The van der Waals surface area contributed by atoms with Crippen LogP contribution in [0.4, 0.5) is 10.1 Å². The molecule has 2 heterocycles. The number of fused-ring (bicyclic) bond motifs is 1. The number of ether oxygens (including phenoxy) is 3. The molecule has 0 spiro atoms. The Morgan fingerprint density at radius 1 is 1.02 bits per heavy atom. The van der Waals surface area contributed by atoms with Gasteiger partial charge in [0.25, 0.3) is 0 Å². The van der Waals surface area contributed by atoms with Crippen molar-refractivity contribution in [3.63, 3.8) is 0 Å². The van der Waals surface area contributed by atoms with Crippen molar-refractivity contribution in [2.75, 3.05) is 46.0 Å². The van der Waals surface area contributed by atoms with E-state index in [9.17, 15) is 18.8 Å². The lowest BCUT2D eigenvalue weighted by Crippen LogP contribution is -2.50. The molecule has 1 aromatic carbocycles. The summed E-state index contributed by atoms with van der Waals surface area (Å²) in [6.45, 7) is 0.857. The molecule has 2 aliphatic carbocycles. The average molecular weight is 644 g/mol. The van der Waals surface area contributed by atoms with Crippen molar-refractivity contribution in [1.29, 1.82) is 0 Å². The number of benzene rings is 1. The number of nitrogens with one attached hydrogen (secondary N) is 1. The van der Waals surface area contributed by atoms with E-state index in [2.05, 4.69) is 5.32 Å². The quantitative estimate of drug-likeness (QED) is 0.217. The van der Waals surface area contributed by atoms with Gasteiger partial charge in [-0.25, -0.2) is 4.79 Å². The molecule has 2 aromatic rings. The Bertz CT molecular complexity index is 1320.